The Bertz CT molecular complexity index is 807. The molecule has 5 nitrogen and oxygen atoms in total. The molecular formula is C13H15NO4S3. The molecule has 0 amide bonds. The third-order valence-electron chi connectivity index (χ3n) is 2.86. The predicted molar refractivity (Wildman–Crippen MR) is 82.6 cm³/mol. The summed E-state index contributed by atoms with van der Waals surface area (Å²) in [5, 5.41) is 1.88. The van der Waals surface area contributed by atoms with Crippen molar-refractivity contribution in [2.75, 3.05) is 6.26 Å². The van der Waals surface area contributed by atoms with Gasteiger partial charge in [0.1, 0.15) is 0 Å². The van der Waals surface area contributed by atoms with Gasteiger partial charge >= 0.3 is 0 Å². The van der Waals surface area contributed by atoms with E-state index in [0.29, 0.717) is 0 Å². The molecule has 0 aliphatic carbocycles. The van der Waals surface area contributed by atoms with Gasteiger partial charge in [-0.1, -0.05) is 6.07 Å². The molecule has 2 aromatic rings. The van der Waals surface area contributed by atoms with Gasteiger partial charge in [-0.15, -0.1) is 11.3 Å². The minimum absolute atomic E-state index is 0.0401. The summed E-state index contributed by atoms with van der Waals surface area (Å²) in [4.78, 5) is 1.04. The Morgan fingerprint density at radius 2 is 1.57 bits per heavy atom. The van der Waals surface area contributed by atoms with E-state index < -0.39 is 19.9 Å². The van der Waals surface area contributed by atoms with Gasteiger partial charge < -0.3 is 0 Å². The van der Waals surface area contributed by atoms with Gasteiger partial charge in [0.25, 0.3) is 0 Å². The Hall–Kier alpha value is -1.22. The standard InChI is InChI=1S/C13H15NO4S3/c1-10(13-4-3-9-19-13)14-21(17,18)12-7-5-11(6-8-12)20(2,15)16/h3-10,14H,1-2H3/t10-/m1/s1. The van der Waals surface area contributed by atoms with Crippen LogP contribution in [-0.4, -0.2) is 23.1 Å². The highest BCUT2D eigenvalue weighted by Crippen LogP contribution is 2.21. The van der Waals surface area contributed by atoms with Gasteiger partial charge in [0, 0.05) is 11.1 Å². The lowest BCUT2D eigenvalue weighted by Gasteiger charge is -2.13. The molecule has 0 aliphatic rings. The monoisotopic (exact) mass is 345 g/mol. The SMILES string of the molecule is C[C@@H](NS(=O)(=O)c1ccc(S(C)(=O)=O)cc1)c1cccs1. The maximum Gasteiger partial charge on any atom is 0.241 e. The van der Waals surface area contributed by atoms with Crippen LogP contribution in [0.2, 0.25) is 0 Å². The Morgan fingerprint density at radius 1 is 1.00 bits per heavy atom. The number of benzene rings is 1. The number of sulfone groups is 1. The van der Waals surface area contributed by atoms with Crippen LogP contribution in [0.4, 0.5) is 0 Å². The summed E-state index contributed by atoms with van der Waals surface area (Å²) in [6, 6.07) is 8.53. The van der Waals surface area contributed by atoms with Crippen molar-refractivity contribution < 1.29 is 16.8 Å². The fourth-order valence-electron chi connectivity index (χ4n) is 1.76. The van der Waals surface area contributed by atoms with Crippen LogP contribution in [0.15, 0.2) is 51.6 Å². The van der Waals surface area contributed by atoms with E-state index in [1.165, 1.54) is 35.6 Å². The first-order valence-electron chi connectivity index (χ1n) is 6.06. The summed E-state index contributed by atoms with van der Waals surface area (Å²) in [5.74, 6) is 0. The molecule has 0 saturated carbocycles. The lowest BCUT2D eigenvalue weighted by molar-refractivity contribution is 0.568. The molecule has 0 aliphatic heterocycles. The van der Waals surface area contributed by atoms with Crippen LogP contribution in [0.1, 0.15) is 17.8 Å². The quantitative estimate of drug-likeness (QED) is 0.901. The van der Waals surface area contributed by atoms with Crippen LogP contribution in [-0.2, 0) is 19.9 Å². The van der Waals surface area contributed by atoms with E-state index >= 15 is 0 Å². The molecule has 1 aromatic heterocycles. The lowest BCUT2D eigenvalue weighted by Crippen LogP contribution is -2.26. The molecule has 114 valence electrons. The van der Waals surface area contributed by atoms with Crippen LogP contribution >= 0.6 is 11.3 Å². The zero-order chi connectivity index (χ0) is 15.7. The van der Waals surface area contributed by atoms with Crippen molar-refractivity contribution in [3.05, 3.63) is 46.7 Å². The molecule has 0 fully saturated rings. The molecule has 1 atom stereocenters. The van der Waals surface area contributed by atoms with E-state index in [4.69, 9.17) is 0 Å². The molecule has 0 unspecified atom stereocenters. The highest BCUT2D eigenvalue weighted by atomic mass is 32.2. The summed E-state index contributed by atoms with van der Waals surface area (Å²) in [6.07, 6.45) is 1.08. The Labute approximate surface area is 128 Å². The van der Waals surface area contributed by atoms with Gasteiger partial charge in [-0.05, 0) is 42.6 Å². The van der Waals surface area contributed by atoms with Gasteiger partial charge in [-0.25, -0.2) is 21.6 Å². The van der Waals surface area contributed by atoms with Gasteiger partial charge in [0.05, 0.1) is 15.8 Å². The average Bonchev–Trinajstić information content (AvgIpc) is 2.91. The molecule has 0 saturated heterocycles. The van der Waals surface area contributed by atoms with Gasteiger partial charge in [-0.2, -0.15) is 0 Å². The van der Waals surface area contributed by atoms with Crippen molar-refractivity contribution in [2.24, 2.45) is 0 Å². The largest absolute Gasteiger partial charge is 0.241 e. The van der Waals surface area contributed by atoms with E-state index in [2.05, 4.69) is 4.72 Å². The van der Waals surface area contributed by atoms with Crippen molar-refractivity contribution in [3.8, 4) is 0 Å². The molecule has 0 spiro atoms. The Morgan fingerprint density at radius 3 is 2.05 bits per heavy atom. The van der Waals surface area contributed by atoms with E-state index in [1.54, 1.807) is 6.92 Å². The zero-order valence-electron chi connectivity index (χ0n) is 11.5. The second-order valence-electron chi connectivity index (χ2n) is 4.60. The molecule has 1 N–H and O–H groups in total. The summed E-state index contributed by atoms with van der Waals surface area (Å²) in [7, 11) is -7.02. The molecule has 8 heteroatoms. The van der Waals surface area contributed by atoms with E-state index in [9.17, 15) is 16.8 Å². The van der Waals surface area contributed by atoms with Crippen molar-refractivity contribution in [2.45, 2.75) is 22.8 Å². The normalized spacial score (nSPS) is 14.0. The first-order chi connectivity index (χ1) is 9.70. The first kappa shape index (κ1) is 16.2. The third kappa shape index (κ3) is 3.91. The first-order valence-corrected chi connectivity index (χ1v) is 10.3. The van der Waals surface area contributed by atoms with Crippen molar-refractivity contribution in [1.82, 2.24) is 4.72 Å². The van der Waals surface area contributed by atoms with Crippen LogP contribution < -0.4 is 4.72 Å². The molecule has 1 aromatic carbocycles. The smallest absolute Gasteiger partial charge is 0.224 e. The maximum absolute atomic E-state index is 12.2. The minimum Gasteiger partial charge on any atom is -0.224 e. The second-order valence-corrected chi connectivity index (χ2v) is 9.31. The van der Waals surface area contributed by atoms with Crippen LogP contribution in [0, 0.1) is 0 Å². The number of rotatable bonds is 5. The van der Waals surface area contributed by atoms with Crippen molar-refractivity contribution in [1.29, 1.82) is 0 Å². The van der Waals surface area contributed by atoms with E-state index in [1.807, 2.05) is 17.5 Å². The minimum atomic E-state index is -3.69. The number of thiophene rings is 1. The highest BCUT2D eigenvalue weighted by Gasteiger charge is 2.19. The maximum atomic E-state index is 12.2. The fraction of sp³-hybridized carbons (Fsp3) is 0.231. The molecule has 0 bridgehead atoms. The van der Waals surface area contributed by atoms with E-state index in [-0.39, 0.29) is 15.8 Å². The molecule has 2 rings (SSSR count). The van der Waals surface area contributed by atoms with Crippen molar-refractivity contribution >= 4 is 31.2 Å². The topological polar surface area (TPSA) is 80.3 Å². The van der Waals surface area contributed by atoms with Crippen LogP contribution in [0.3, 0.4) is 0 Å². The Balaban J connectivity index is 2.24. The molecular weight excluding hydrogens is 330 g/mol. The molecule has 1 heterocycles. The van der Waals surface area contributed by atoms with Gasteiger partial charge in [0.2, 0.25) is 10.0 Å². The summed E-state index contributed by atoms with van der Waals surface area (Å²) in [5.41, 5.74) is 0. The number of hydrogen-bond acceptors (Lipinski definition) is 5. The van der Waals surface area contributed by atoms with Crippen LogP contribution in [0.5, 0.6) is 0 Å². The second kappa shape index (κ2) is 5.88. The summed E-state index contributed by atoms with van der Waals surface area (Å²) >= 11 is 1.47. The van der Waals surface area contributed by atoms with Crippen molar-refractivity contribution in [3.63, 3.8) is 0 Å². The predicted octanol–water partition coefficient (Wildman–Crippen LogP) is 2.19. The summed E-state index contributed by atoms with van der Waals surface area (Å²) < 4.78 is 49.8. The number of sulfonamides is 1. The number of hydrogen-bond donors (Lipinski definition) is 1. The number of nitrogens with one attached hydrogen (secondary N) is 1. The average molecular weight is 345 g/mol. The molecule has 0 radical (unpaired) electrons. The van der Waals surface area contributed by atoms with E-state index in [0.717, 1.165) is 11.1 Å². The highest BCUT2D eigenvalue weighted by molar-refractivity contribution is 7.90. The van der Waals surface area contributed by atoms with Gasteiger partial charge in [0.15, 0.2) is 9.84 Å². The summed E-state index contributed by atoms with van der Waals surface area (Å²) in [6.45, 7) is 1.76. The zero-order valence-corrected chi connectivity index (χ0v) is 13.9. The Kier molecular flexibility index (Phi) is 4.52. The van der Waals surface area contributed by atoms with Crippen LogP contribution in [0.25, 0.3) is 0 Å². The fourth-order valence-corrected chi connectivity index (χ4v) is 4.42. The lowest BCUT2D eigenvalue weighted by atomic mass is 10.3. The van der Waals surface area contributed by atoms with Gasteiger partial charge in [-0.3, -0.25) is 0 Å². The molecule has 21 heavy (non-hydrogen) atoms. The third-order valence-corrected chi connectivity index (χ3v) is 6.60.